The Labute approximate surface area is 195 Å². The van der Waals surface area contributed by atoms with E-state index in [1.165, 1.54) is 11.6 Å². The largest absolute Gasteiger partial charge is 0.436 e. The molecule has 1 fully saturated rings. The van der Waals surface area contributed by atoms with Crippen LogP contribution in [0.3, 0.4) is 0 Å². The SMILES string of the molecule is CC(C(=O)Nc1cccc(NC(=O)c2ccn(C)n2)c1)n1nc(C(F)(F)F)c(Br)c1C1CC1. The number of anilines is 2. The Morgan fingerprint density at radius 1 is 1.15 bits per heavy atom. The maximum atomic E-state index is 13.4. The van der Waals surface area contributed by atoms with Gasteiger partial charge >= 0.3 is 6.18 Å². The molecular weight excluding hydrogens is 505 g/mol. The van der Waals surface area contributed by atoms with Crippen LogP contribution in [0.4, 0.5) is 24.5 Å². The van der Waals surface area contributed by atoms with Gasteiger partial charge in [-0.25, -0.2) is 0 Å². The standard InChI is InChI=1S/C21H20BrF3N6O2/c1-11(31-17(12-6-7-12)16(22)18(29-31)21(23,24)25)19(32)26-13-4-3-5-14(10-13)27-20(33)15-8-9-30(2)28-15/h3-5,8-12H,6-7H2,1-2H3,(H,26,32)(H,27,33). The Balaban J connectivity index is 1.51. The molecule has 1 unspecified atom stereocenters. The number of aryl methyl sites for hydroxylation is 1. The number of carbonyl (C=O) groups is 2. The van der Waals surface area contributed by atoms with Crippen molar-refractivity contribution in [1.82, 2.24) is 19.6 Å². The molecule has 1 aromatic carbocycles. The summed E-state index contributed by atoms with van der Waals surface area (Å²) >= 11 is 3.03. The van der Waals surface area contributed by atoms with E-state index in [1.807, 2.05) is 0 Å². The molecule has 1 aliphatic carbocycles. The summed E-state index contributed by atoms with van der Waals surface area (Å²) in [5.74, 6) is -1.01. The number of halogens is 4. The average Bonchev–Trinajstić information content (AvgIpc) is 3.37. The fourth-order valence-corrected chi connectivity index (χ4v) is 4.20. The van der Waals surface area contributed by atoms with Crippen molar-refractivity contribution in [3.63, 3.8) is 0 Å². The smallest absolute Gasteiger partial charge is 0.324 e. The number of hydrogen-bond acceptors (Lipinski definition) is 4. The zero-order chi connectivity index (χ0) is 23.9. The van der Waals surface area contributed by atoms with Gasteiger partial charge in [-0.1, -0.05) is 6.07 Å². The fraction of sp³-hybridized carbons (Fsp3) is 0.333. The van der Waals surface area contributed by atoms with E-state index < -0.39 is 29.7 Å². The predicted octanol–water partition coefficient (Wildman–Crippen LogP) is 4.73. The maximum absolute atomic E-state index is 13.4. The van der Waals surface area contributed by atoms with E-state index >= 15 is 0 Å². The molecule has 0 radical (unpaired) electrons. The van der Waals surface area contributed by atoms with Crippen LogP contribution in [0.25, 0.3) is 0 Å². The highest BCUT2D eigenvalue weighted by molar-refractivity contribution is 9.10. The number of rotatable bonds is 6. The molecule has 2 heterocycles. The van der Waals surface area contributed by atoms with E-state index in [0.717, 1.165) is 17.5 Å². The lowest BCUT2D eigenvalue weighted by atomic mass is 10.2. The number of amides is 2. The number of aromatic nitrogens is 4. The second kappa shape index (κ2) is 8.65. The highest BCUT2D eigenvalue weighted by Crippen LogP contribution is 2.47. The third-order valence-corrected chi connectivity index (χ3v) is 5.98. The molecule has 3 aromatic rings. The van der Waals surface area contributed by atoms with Crippen molar-refractivity contribution in [2.75, 3.05) is 10.6 Å². The van der Waals surface area contributed by atoms with Crippen LogP contribution >= 0.6 is 15.9 Å². The van der Waals surface area contributed by atoms with Crippen molar-refractivity contribution in [1.29, 1.82) is 0 Å². The molecule has 174 valence electrons. The Morgan fingerprint density at radius 2 is 1.82 bits per heavy atom. The van der Waals surface area contributed by atoms with Crippen LogP contribution in [0.15, 0.2) is 41.0 Å². The minimum absolute atomic E-state index is 0.0663. The van der Waals surface area contributed by atoms with Crippen molar-refractivity contribution in [3.8, 4) is 0 Å². The minimum Gasteiger partial charge on any atom is -0.324 e. The number of nitrogens with one attached hydrogen (secondary N) is 2. The summed E-state index contributed by atoms with van der Waals surface area (Å²) in [4.78, 5) is 25.2. The highest BCUT2D eigenvalue weighted by Gasteiger charge is 2.43. The van der Waals surface area contributed by atoms with Gasteiger partial charge in [0.15, 0.2) is 11.4 Å². The van der Waals surface area contributed by atoms with Crippen LogP contribution in [-0.2, 0) is 18.0 Å². The topological polar surface area (TPSA) is 93.8 Å². The lowest BCUT2D eigenvalue weighted by Crippen LogP contribution is -2.26. The summed E-state index contributed by atoms with van der Waals surface area (Å²) in [7, 11) is 1.69. The zero-order valence-corrected chi connectivity index (χ0v) is 19.2. The van der Waals surface area contributed by atoms with Gasteiger partial charge in [-0.05, 0) is 60.0 Å². The van der Waals surface area contributed by atoms with E-state index in [-0.39, 0.29) is 16.1 Å². The first-order valence-corrected chi connectivity index (χ1v) is 10.9. The minimum atomic E-state index is -4.63. The van der Waals surface area contributed by atoms with Crippen molar-refractivity contribution >= 4 is 39.1 Å². The van der Waals surface area contributed by atoms with E-state index in [9.17, 15) is 22.8 Å². The second-order valence-electron chi connectivity index (χ2n) is 7.84. The lowest BCUT2D eigenvalue weighted by Gasteiger charge is -2.16. The molecule has 2 amide bonds. The fourth-order valence-electron chi connectivity index (χ4n) is 3.39. The van der Waals surface area contributed by atoms with Crippen molar-refractivity contribution < 1.29 is 22.8 Å². The van der Waals surface area contributed by atoms with Crippen molar-refractivity contribution in [3.05, 3.63) is 58.1 Å². The van der Waals surface area contributed by atoms with Gasteiger partial charge in [-0.2, -0.15) is 23.4 Å². The molecule has 0 saturated heterocycles. The molecule has 0 spiro atoms. The number of alkyl halides is 3. The Kier molecular flexibility index (Phi) is 6.04. The van der Waals surface area contributed by atoms with Gasteiger partial charge in [0.25, 0.3) is 5.91 Å². The molecule has 12 heteroatoms. The number of nitrogens with zero attached hydrogens (tertiary/aromatic N) is 4. The van der Waals surface area contributed by atoms with Gasteiger partial charge in [-0.15, -0.1) is 0 Å². The Hall–Kier alpha value is -3.15. The first-order chi connectivity index (χ1) is 15.5. The van der Waals surface area contributed by atoms with Crippen molar-refractivity contribution in [2.24, 2.45) is 7.05 Å². The summed E-state index contributed by atoms with van der Waals surface area (Å²) in [5.41, 5.74) is 0.374. The third-order valence-electron chi connectivity index (χ3n) is 5.20. The molecule has 0 aliphatic heterocycles. The van der Waals surface area contributed by atoms with E-state index in [1.54, 1.807) is 43.6 Å². The molecule has 33 heavy (non-hydrogen) atoms. The highest BCUT2D eigenvalue weighted by atomic mass is 79.9. The second-order valence-corrected chi connectivity index (χ2v) is 8.63. The summed E-state index contributed by atoms with van der Waals surface area (Å²) in [5, 5.41) is 13.1. The molecule has 2 aromatic heterocycles. The first kappa shape index (κ1) is 23.0. The van der Waals surface area contributed by atoms with Crippen LogP contribution in [0.2, 0.25) is 0 Å². The normalized spacial score (nSPS) is 14.7. The molecular formula is C21H20BrF3N6O2. The van der Waals surface area contributed by atoms with Gasteiger partial charge in [0.2, 0.25) is 5.91 Å². The van der Waals surface area contributed by atoms with Crippen LogP contribution in [-0.4, -0.2) is 31.4 Å². The van der Waals surface area contributed by atoms with Gasteiger partial charge in [0.1, 0.15) is 6.04 Å². The zero-order valence-electron chi connectivity index (χ0n) is 17.7. The molecule has 1 aliphatic rings. The van der Waals surface area contributed by atoms with Gasteiger partial charge in [0, 0.05) is 30.5 Å². The lowest BCUT2D eigenvalue weighted by molar-refractivity contribution is -0.142. The van der Waals surface area contributed by atoms with Gasteiger partial charge in [-0.3, -0.25) is 19.0 Å². The number of benzene rings is 1. The Bertz CT molecular complexity index is 1220. The van der Waals surface area contributed by atoms with Crippen molar-refractivity contribution in [2.45, 2.75) is 37.9 Å². The first-order valence-electron chi connectivity index (χ1n) is 10.1. The molecule has 8 nitrogen and oxygen atoms in total. The monoisotopic (exact) mass is 524 g/mol. The predicted molar refractivity (Wildman–Crippen MR) is 118 cm³/mol. The third kappa shape index (κ3) is 4.95. The van der Waals surface area contributed by atoms with E-state index in [2.05, 4.69) is 36.8 Å². The number of hydrogen-bond donors (Lipinski definition) is 2. The van der Waals surface area contributed by atoms with Gasteiger partial charge in [0.05, 0.1) is 10.2 Å². The average molecular weight is 525 g/mol. The summed E-state index contributed by atoms with van der Waals surface area (Å²) in [6, 6.07) is 7.02. The summed E-state index contributed by atoms with van der Waals surface area (Å²) in [6.45, 7) is 1.49. The van der Waals surface area contributed by atoms with E-state index in [0.29, 0.717) is 17.1 Å². The molecule has 2 N–H and O–H groups in total. The van der Waals surface area contributed by atoms with Gasteiger partial charge < -0.3 is 10.6 Å². The molecule has 1 saturated carbocycles. The molecule has 1 atom stereocenters. The van der Waals surface area contributed by atoms with Crippen LogP contribution in [0, 0.1) is 0 Å². The summed E-state index contributed by atoms with van der Waals surface area (Å²) < 4.78 is 42.6. The maximum Gasteiger partial charge on any atom is 0.436 e. The van der Waals surface area contributed by atoms with Crippen LogP contribution < -0.4 is 10.6 Å². The molecule has 4 rings (SSSR count). The summed E-state index contributed by atoms with van der Waals surface area (Å²) in [6.07, 6.45) is -1.51. The Morgan fingerprint density at radius 3 is 2.39 bits per heavy atom. The number of carbonyl (C=O) groups excluding carboxylic acids is 2. The molecule has 0 bridgehead atoms. The van der Waals surface area contributed by atoms with E-state index in [4.69, 9.17) is 0 Å². The van der Waals surface area contributed by atoms with Crippen LogP contribution in [0.1, 0.15) is 53.6 Å². The quantitative estimate of drug-likeness (QED) is 0.487. The van der Waals surface area contributed by atoms with Crippen LogP contribution in [0.5, 0.6) is 0 Å².